The maximum Gasteiger partial charge on any atom is 0.306 e. The quantitative estimate of drug-likeness (QED) is 0.320. The van der Waals surface area contributed by atoms with Gasteiger partial charge >= 0.3 is 5.97 Å². The summed E-state index contributed by atoms with van der Waals surface area (Å²) in [7, 11) is 0. The summed E-state index contributed by atoms with van der Waals surface area (Å²) in [6, 6.07) is 0. The first-order valence-electron chi connectivity index (χ1n) is 8.12. The van der Waals surface area contributed by atoms with Crippen molar-refractivity contribution in [2.75, 3.05) is 6.61 Å². The number of carbonyl (C=O) groups excluding carboxylic acids is 2. The smallest absolute Gasteiger partial charge is 0.306 e. The van der Waals surface area contributed by atoms with Crippen LogP contribution in [-0.4, -0.2) is 18.4 Å². The zero-order valence-corrected chi connectivity index (χ0v) is 15.1. The molecule has 0 N–H and O–H groups in total. The number of rotatable bonds is 10. The van der Waals surface area contributed by atoms with Gasteiger partial charge in [-0.3, -0.25) is 4.79 Å². The molecule has 23 heavy (non-hydrogen) atoms. The lowest BCUT2D eigenvalue weighted by atomic mass is 10.1. The molecule has 0 aromatic carbocycles. The Kier molecular flexibility index (Phi) is 11.6. The summed E-state index contributed by atoms with van der Waals surface area (Å²) >= 11 is 0. The van der Waals surface area contributed by atoms with Crippen molar-refractivity contribution >= 4 is 11.8 Å². The molecule has 0 fully saturated rings. The van der Waals surface area contributed by atoms with Crippen molar-refractivity contribution in [3.8, 4) is 0 Å². The molecule has 0 bridgehead atoms. The van der Waals surface area contributed by atoms with Gasteiger partial charge in [0.25, 0.3) is 0 Å². The SMILES string of the molecule is C/C=C(C)/C=C/C=C(\C)CC/C=C(\C)COC(=O)CCC(C)=O. The summed E-state index contributed by atoms with van der Waals surface area (Å²) in [6.07, 6.45) is 12.8. The second kappa shape index (κ2) is 12.6. The fourth-order valence-electron chi connectivity index (χ4n) is 1.69. The van der Waals surface area contributed by atoms with Crippen molar-refractivity contribution in [3.63, 3.8) is 0 Å². The lowest BCUT2D eigenvalue weighted by Crippen LogP contribution is -2.08. The Morgan fingerprint density at radius 2 is 1.65 bits per heavy atom. The van der Waals surface area contributed by atoms with Crippen LogP contribution in [0.5, 0.6) is 0 Å². The summed E-state index contributed by atoms with van der Waals surface area (Å²) in [5, 5.41) is 0. The molecule has 0 aromatic heterocycles. The maximum atomic E-state index is 11.4. The zero-order chi connectivity index (χ0) is 17.7. The van der Waals surface area contributed by atoms with Gasteiger partial charge in [0.05, 0.1) is 6.42 Å². The van der Waals surface area contributed by atoms with Gasteiger partial charge in [-0.05, 0) is 53.0 Å². The summed E-state index contributed by atoms with van der Waals surface area (Å²) in [5.41, 5.74) is 3.60. The van der Waals surface area contributed by atoms with E-state index in [1.54, 1.807) is 0 Å². The number of ether oxygens (including phenoxy) is 1. The summed E-state index contributed by atoms with van der Waals surface area (Å²) < 4.78 is 5.12. The highest BCUT2D eigenvalue weighted by molar-refractivity contribution is 5.81. The van der Waals surface area contributed by atoms with Crippen LogP contribution in [0.2, 0.25) is 0 Å². The first-order valence-corrected chi connectivity index (χ1v) is 8.12. The third-order valence-corrected chi connectivity index (χ3v) is 3.37. The van der Waals surface area contributed by atoms with Gasteiger partial charge in [-0.2, -0.15) is 0 Å². The number of esters is 1. The van der Waals surface area contributed by atoms with Crippen LogP contribution in [0.1, 0.15) is 60.3 Å². The lowest BCUT2D eigenvalue weighted by Gasteiger charge is -2.05. The number of hydrogen-bond acceptors (Lipinski definition) is 3. The number of Topliss-reactive ketones (excluding diaryl/α,β-unsaturated/α-hetero) is 1. The standard InChI is InChI=1S/C20H30O3/c1-6-16(2)9-7-10-17(3)11-8-12-18(4)15-23-20(22)14-13-19(5)21/h6-7,9-10,12H,8,11,13-15H2,1-5H3/b9-7+,16-6+,17-10+,18-12+. The molecular weight excluding hydrogens is 288 g/mol. The Morgan fingerprint density at radius 1 is 0.957 bits per heavy atom. The lowest BCUT2D eigenvalue weighted by molar-refractivity contribution is -0.143. The fourth-order valence-corrected chi connectivity index (χ4v) is 1.69. The monoisotopic (exact) mass is 318 g/mol. The minimum absolute atomic E-state index is 0.00940. The number of ketones is 1. The Hall–Kier alpha value is -1.90. The highest BCUT2D eigenvalue weighted by atomic mass is 16.5. The number of allylic oxidation sites excluding steroid dienone is 7. The molecule has 0 unspecified atom stereocenters. The van der Waals surface area contributed by atoms with E-state index in [2.05, 4.69) is 44.2 Å². The molecule has 0 amide bonds. The highest BCUT2D eigenvalue weighted by Gasteiger charge is 2.04. The van der Waals surface area contributed by atoms with E-state index < -0.39 is 0 Å². The molecule has 3 nitrogen and oxygen atoms in total. The Morgan fingerprint density at radius 3 is 2.26 bits per heavy atom. The average molecular weight is 318 g/mol. The van der Waals surface area contributed by atoms with E-state index in [9.17, 15) is 9.59 Å². The molecule has 0 aliphatic heterocycles. The first kappa shape index (κ1) is 21.1. The topological polar surface area (TPSA) is 43.4 Å². The van der Waals surface area contributed by atoms with Gasteiger partial charge in [0.15, 0.2) is 0 Å². The van der Waals surface area contributed by atoms with Crippen molar-refractivity contribution in [1.29, 1.82) is 0 Å². The van der Waals surface area contributed by atoms with Crippen molar-refractivity contribution in [3.05, 3.63) is 47.1 Å². The van der Waals surface area contributed by atoms with Crippen LogP contribution in [0.3, 0.4) is 0 Å². The molecule has 0 aliphatic rings. The average Bonchev–Trinajstić information content (AvgIpc) is 2.50. The van der Waals surface area contributed by atoms with E-state index >= 15 is 0 Å². The molecule has 0 radical (unpaired) electrons. The van der Waals surface area contributed by atoms with Crippen LogP contribution in [0.15, 0.2) is 47.1 Å². The van der Waals surface area contributed by atoms with Gasteiger partial charge in [0.2, 0.25) is 0 Å². The Balaban J connectivity index is 4.06. The minimum atomic E-state index is -0.312. The van der Waals surface area contributed by atoms with E-state index in [1.807, 2.05) is 13.8 Å². The third kappa shape index (κ3) is 13.5. The molecule has 0 atom stereocenters. The van der Waals surface area contributed by atoms with Crippen molar-refractivity contribution in [2.24, 2.45) is 0 Å². The van der Waals surface area contributed by atoms with Crippen molar-refractivity contribution in [1.82, 2.24) is 0 Å². The van der Waals surface area contributed by atoms with Gasteiger partial charge < -0.3 is 9.53 Å². The van der Waals surface area contributed by atoms with Crippen LogP contribution in [-0.2, 0) is 14.3 Å². The number of carbonyl (C=O) groups is 2. The largest absolute Gasteiger partial charge is 0.461 e. The van der Waals surface area contributed by atoms with Gasteiger partial charge in [-0.1, -0.05) is 41.5 Å². The van der Waals surface area contributed by atoms with Gasteiger partial charge in [0, 0.05) is 6.42 Å². The molecule has 0 aliphatic carbocycles. The maximum absolute atomic E-state index is 11.4. The Bertz CT molecular complexity index is 505. The Labute approximate surface area is 140 Å². The summed E-state index contributed by atoms with van der Waals surface area (Å²) in [4.78, 5) is 22.2. The van der Waals surface area contributed by atoms with Gasteiger partial charge in [-0.25, -0.2) is 0 Å². The molecule has 0 saturated heterocycles. The second-order valence-electron chi connectivity index (χ2n) is 5.86. The molecule has 0 heterocycles. The molecule has 0 rings (SSSR count). The predicted octanol–water partition coefficient (Wildman–Crippen LogP) is 5.09. The van der Waals surface area contributed by atoms with Gasteiger partial charge in [-0.15, -0.1) is 0 Å². The van der Waals surface area contributed by atoms with Crippen LogP contribution < -0.4 is 0 Å². The van der Waals surface area contributed by atoms with Crippen LogP contribution >= 0.6 is 0 Å². The van der Waals surface area contributed by atoms with E-state index in [-0.39, 0.29) is 24.6 Å². The summed E-state index contributed by atoms with van der Waals surface area (Å²) in [5.74, 6) is -0.302. The second-order valence-corrected chi connectivity index (χ2v) is 5.86. The summed E-state index contributed by atoms with van der Waals surface area (Å²) in [6.45, 7) is 9.94. The third-order valence-electron chi connectivity index (χ3n) is 3.37. The predicted molar refractivity (Wildman–Crippen MR) is 96.2 cm³/mol. The molecule has 0 saturated carbocycles. The van der Waals surface area contributed by atoms with Crippen molar-refractivity contribution < 1.29 is 14.3 Å². The molecule has 0 aromatic rings. The zero-order valence-electron chi connectivity index (χ0n) is 15.1. The molecular formula is C20H30O3. The van der Waals surface area contributed by atoms with Crippen LogP contribution in [0.4, 0.5) is 0 Å². The van der Waals surface area contributed by atoms with Crippen molar-refractivity contribution in [2.45, 2.75) is 60.3 Å². The van der Waals surface area contributed by atoms with E-state index in [1.165, 1.54) is 18.1 Å². The first-order chi connectivity index (χ1) is 10.8. The molecule has 3 heteroatoms. The highest BCUT2D eigenvalue weighted by Crippen LogP contribution is 2.08. The minimum Gasteiger partial charge on any atom is -0.461 e. The molecule has 128 valence electrons. The molecule has 0 spiro atoms. The van der Waals surface area contributed by atoms with E-state index in [4.69, 9.17) is 4.74 Å². The van der Waals surface area contributed by atoms with Crippen LogP contribution in [0, 0.1) is 0 Å². The number of hydrogen-bond donors (Lipinski definition) is 0. The van der Waals surface area contributed by atoms with E-state index in [0.717, 1.165) is 18.4 Å². The van der Waals surface area contributed by atoms with E-state index in [0.29, 0.717) is 6.61 Å². The van der Waals surface area contributed by atoms with Crippen LogP contribution in [0.25, 0.3) is 0 Å². The fraction of sp³-hybridized carbons (Fsp3) is 0.500. The normalized spacial score (nSPS) is 13.5. The van der Waals surface area contributed by atoms with Gasteiger partial charge in [0.1, 0.15) is 12.4 Å².